The van der Waals surface area contributed by atoms with E-state index in [1.54, 1.807) is 31.2 Å². The summed E-state index contributed by atoms with van der Waals surface area (Å²) >= 11 is 0. The Morgan fingerprint density at radius 1 is 1.06 bits per heavy atom. The van der Waals surface area contributed by atoms with Crippen molar-refractivity contribution < 1.29 is 28.9 Å². The van der Waals surface area contributed by atoms with Gasteiger partial charge in [-0.2, -0.15) is 0 Å². The molecule has 0 fully saturated rings. The summed E-state index contributed by atoms with van der Waals surface area (Å²) in [6, 6.07) is 12.5. The Labute approximate surface area is 188 Å². The van der Waals surface area contributed by atoms with Crippen LogP contribution >= 0.6 is 0 Å². The van der Waals surface area contributed by atoms with Crippen LogP contribution in [0.2, 0.25) is 0 Å². The molecule has 1 atom stereocenters. The third kappa shape index (κ3) is 4.97. The number of carbonyl (C=O) groups is 2. The minimum absolute atomic E-state index is 0.00104. The zero-order valence-electron chi connectivity index (χ0n) is 17.9. The number of fused-ring (bicyclic) bond motifs is 1. The van der Waals surface area contributed by atoms with Crippen LogP contribution in [-0.2, 0) is 20.9 Å². The number of nitrogens with zero attached hydrogens (tertiary/aromatic N) is 3. The monoisotopic (exact) mass is 455 g/mol. The predicted molar refractivity (Wildman–Crippen MR) is 116 cm³/mol. The van der Waals surface area contributed by atoms with E-state index >= 15 is 0 Å². The molecule has 11 heteroatoms. The van der Waals surface area contributed by atoms with Crippen molar-refractivity contribution in [1.29, 1.82) is 0 Å². The van der Waals surface area contributed by atoms with Crippen LogP contribution in [0.3, 0.4) is 0 Å². The highest BCUT2D eigenvalue weighted by Gasteiger charge is 2.41. The lowest BCUT2D eigenvalue weighted by Crippen LogP contribution is -2.38. The van der Waals surface area contributed by atoms with Crippen molar-refractivity contribution in [2.45, 2.75) is 26.4 Å². The van der Waals surface area contributed by atoms with Crippen molar-refractivity contribution in [3.63, 3.8) is 0 Å². The molecular weight excluding hydrogens is 434 g/mol. The molecule has 1 amide bonds. The molecule has 1 aliphatic heterocycles. The molecule has 0 aliphatic carbocycles. The number of hydrogen-bond donors (Lipinski definition) is 0. The maximum Gasteiger partial charge on any atom is 0.419 e. The van der Waals surface area contributed by atoms with Crippen molar-refractivity contribution in [2.24, 2.45) is 0 Å². The van der Waals surface area contributed by atoms with E-state index in [0.717, 1.165) is 16.5 Å². The summed E-state index contributed by atoms with van der Waals surface area (Å²) in [4.78, 5) is 48.4. The van der Waals surface area contributed by atoms with Gasteiger partial charge in [0.25, 0.3) is 5.69 Å². The first-order valence-corrected chi connectivity index (χ1v) is 10.0. The van der Waals surface area contributed by atoms with Gasteiger partial charge in [0.1, 0.15) is 6.61 Å². The van der Waals surface area contributed by atoms with E-state index in [2.05, 4.69) is 0 Å². The Hall–Kier alpha value is -4.28. The highest BCUT2D eigenvalue weighted by molar-refractivity contribution is 6.01. The number of nitro groups is 2. The van der Waals surface area contributed by atoms with Crippen LogP contribution in [0.5, 0.6) is 0 Å². The Morgan fingerprint density at radius 2 is 1.76 bits per heavy atom. The van der Waals surface area contributed by atoms with E-state index < -0.39 is 34.4 Å². The molecule has 1 aliphatic rings. The van der Waals surface area contributed by atoms with Crippen molar-refractivity contribution in [3.05, 3.63) is 91.2 Å². The van der Waals surface area contributed by atoms with E-state index in [1.807, 2.05) is 6.07 Å². The number of amides is 1. The molecule has 2 aromatic rings. The minimum atomic E-state index is -1.15. The standard InChI is InChI=1S/C22H21N3O8/c1-3-32-21(26)20-14(2)24(22(27)33-13-15-7-5-4-6-8-15)19-10-9-16(25(30)31)11-17(19)18(20)12-23(28)29/h4-11,18H,3,12-13H2,1-2H3/t18-/m1/s1. The molecular formula is C22H21N3O8. The van der Waals surface area contributed by atoms with Gasteiger partial charge in [-0.15, -0.1) is 0 Å². The van der Waals surface area contributed by atoms with Crippen molar-refractivity contribution in [2.75, 3.05) is 18.1 Å². The summed E-state index contributed by atoms with van der Waals surface area (Å²) in [5.74, 6) is -1.99. The Kier molecular flexibility index (Phi) is 7.01. The number of nitro benzene ring substituents is 1. The molecule has 0 spiro atoms. The second-order valence-corrected chi connectivity index (χ2v) is 7.16. The Balaban J connectivity index is 2.11. The Morgan fingerprint density at radius 3 is 2.36 bits per heavy atom. The van der Waals surface area contributed by atoms with Crippen LogP contribution in [0.1, 0.15) is 30.9 Å². The van der Waals surface area contributed by atoms with Gasteiger partial charge in [0.15, 0.2) is 0 Å². The number of rotatable bonds is 7. The molecule has 1 heterocycles. The lowest BCUT2D eigenvalue weighted by molar-refractivity contribution is -0.482. The lowest BCUT2D eigenvalue weighted by atomic mass is 9.84. The molecule has 0 N–H and O–H groups in total. The fourth-order valence-electron chi connectivity index (χ4n) is 3.70. The molecule has 2 aromatic carbocycles. The molecule has 33 heavy (non-hydrogen) atoms. The van der Waals surface area contributed by atoms with E-state index in [0.29, 0.717) is 0 Å². The second kappa shape index (κ2) is 9.90. The molecule has 0 bridgehead atoms. The van der Waals surface area contributed by atoms with Crippen LogP contribution in [-0.4, -0.2) is 35.1 Å². The molecule has 0 saturated carbocycles. The molecule has 3 rings (SSSR count). The van der Waals surface area contributed by atoms with Gasteiger partial charge in [-0.1, -0.05) is 30.3 Å². The highest BCUT2D eigenvalue weighted by Crippen LogP contribution is 2.43. The molecule has 11 nitrogen and oxygen atoms in total. The summed E-state index contributed by atoms with van der Waals surface area (Å²) in [7, 11) is 0. The number of carbonyl (C=O) groups excluding carboxylic acids is 2. The number of allylic oxidation sites excluding steroid dienone is 1. The smallest absolute Gasteiger partial charge is 0.419 e. The third-order valence-electron chi connectivity index (χ3n) is 5.13. The number of hydrogen-bond acceptors (Lipinski definition) is 8. The predicted octanol–water partition coefficient (Wildman–Crippen LogP) is 3.95. The van der Waals surface area contributed by atoms with Gasteiger partial charge < -0.3 is 9.47 Å². The topological polar surface area (TPSA) is 142 Å². The molecule has 172 valence electrons. The summed E-state index contributed by atoms with van der Waals surface area (Å²) in [5, 5.41) is 22.7. The first-order valence-electron chi connectivity index (χ1n) is 10.0. The zero-order chi connectivity index (χ0) is 24.1. The van der Waals surface area contributed by atoms with Crippen LogP contribution < -0.4 is 4.90 Å². The van der Waals surface area contributed by atoms with Crippen molar-refractivity contribution in [1.82, 2.24) is 0 Å². The van der Waals surface area contributed by atoms with Crippen LogP contribution in [0.15, 0.2) is 59.8 Å². The Bertz CT molecular complexity index is 1130. The molecule has 0 saturated heterocycles. The summed E-state index contributed by atoms with van der Waals surface area (Å²) < 4.78 is 10.5. The quantitative estimate of drug-likeness (QED) is 0.347. The number of anilines is 1. The van der Waals surface area contributed by atoms with Gasteiger partial charge in [0, 0.05) is 22.8 Å². The van der Waals surface area contributed by atoms with E-state index in [9.17, 15) is 29.8 Å². The summed E-state index contributed by atoms with van der Waals surface area (Å²) in [6.07, 6.45) is -0.840. The van der Waals surface area contributed by atoms with E-state index in [-0.39, 0.29) is 41.4 Å². The fourth-order valence-corrected chi connectivity index (χ4v) is 3.70. The van der Waals surface area contributed by atoms with Gasteiger partial charge in [0.2, 0.25) is 6.54 Å². The van der Waals surface area contributed by atoms with Crippen LogP contribution in [0.25, 0.3) is 0 Å². The summed E-state index contributed by atoms with van der Waals surface area (Å²) in [5.41, 5.74) is 0.618. The van der Waals surface area contributed by atoms with Crippen LogP contribution in [0.4, 0.5) is 16.2 Å². The van der Waals surface area contributed by atoms with Gasteiger partial charge in [0.05, 0.1) is 28.7 Å². The number of esters is 1. The highest BCUT2D eigenvalue weighted by atomic mass is 16.6. The fraction of sp³-hybridized carbons (Fsp3) is 0.273. The lowest BCUT2D eigenvalue weighted by Gasteiger charge is -2.34. The maximum absolute atomic E-state index is 13.1. The second-order valence-electron chi connectivity index (χ2n) is 7.16. The van der Waals surface area contributed by atoms with Gasteiger partial charge >= 0.3 is 12.1 Å². The normalized spacial score (nSPS) is 15.0. The number of benzene rings is 2. The number of non-ortho nitro benzene ring substituents is 1. The molecule has 0 radical (unpaired) electrons. The molecule has 0 aromatic heterocycles. The minimum Gasteiger partial charge on any atom is -0.463 e. The largest absolute Gasteiger partial charge is 0.463 e. The van der Waals surface area contributed by atoms with Gasteiger partial charge in [-0.25, -0.2) is 14.5 Å². The van der Waals surface area contributed by atoms with E-state index in [1.165, 1.54) is 19.1 Å². The average Bonchev–Trinajstić information content (AvgIpc) is 2.78. The number of ether oxygens (including phenoxy) is 2. The SMILES string of the molecule is CCOC(=O)C1=C(C)N(C(=O)OCc2ccccc2)c2ccc([N+](=O)[O-])cc2[C@H]1C[N+](=O)[O-]. The van der Waals surface area contributed by atoms with Crippen molar-refractivity contribution in [3.8, 4) is 0 Å². The van der Waals surface area contributed by atoms with Gasteiger partial charge in [-0.05, 0) is 31.0 Å². The maximum atomic E-state index is 13.1. The van der Waals surface area contributed by atoms with Crippen molar-refractivity contribution >= 4 is 23.4 Å². The first-order chi connectivity index (χ1) is 15.7. The third-order valence-corrected chi connectivity index (χ3v) is 5.13. The van der Waals surface area contributed by atoms with Gasteiger partial charge in [-0.3, -0.25) is 20.2 Å². The van der Waals surface area contributed by atoms with Crippen LogP contribution in [0, 0.1) is 20.2 Å². The summed E-state index contributed by atoms with van der Waals surface area (Å²) in [6.45, 7) is 2.25. The average molecular weight is 455 g/mol. The van der Waals surface area contributed by atoms with E-state index in [4.69, 9.17) is 9.47 Å². The first kappa shape index (κ1) is 23.4. The zero-order valence-corrected chi connectivity index (χ0v) is 17.9. The molecule has 0 unspecified atom stereocenters.